The van der Waals surface area contributed by atoms with Crippen molar-refractivity contribution in [1.29, 1.82) is 0 Å². The molecule has 1 saturated carbocycles. The van der Waals surface area contributed by atoms with Crippen LogP contribution in [-0.4, -0.2) is 98.7 Å². The molecule has 242 valence electrons. The highest BCUT2D eigenvalue weighted by Gasteiger charge is 2.44. The van der Waals surface area contributed by atoms with Gasteiger partial charge in [0.25, 0.3) is 0 Å². The second kappa shape index (κ2) is 21.0. The van der Waals surface area contributed by atoms with Gasteiger partial charge in [-0.15, -0.1) is 0 Å². The summed E-state index contributed by atoms with van der Waals surface area (Å²) in [5.74, 6) is -0.372. The van der Waals surface area contributed by atoms with Crippen molar-refractivity contribution in [3.05, 3.63) is 0 Å². The van der Waals surface area contributed by atoms with Gasteiger partial charge >= 0.3 is 0 Å². The number of aliphatic hydroxyl groups excluding tert-OH is 6. The lowest BCUT2D eigenvalue weighted by Gasteiger charge is -2.40. The molecule has 10 heteroatoms. The number of unbranched alkanes of at least 4 members (excludes halogenated alkanes) is 11. The Balaban J connectivity index is 1.80. The third kappa shape index (κ3) is 13.1. The standard InChI is InChI=1S/C31H59NO9/c1-2-3-4-5-6-7-8-9-10-11-12-16-19-24(34)26(35)23(32-30(39)22-17-14-13-15-18-22)21-40-31-29(38)28(37)27(36)25(20-33)41-31/h22-29,31,33-38H,2-21H2,1H3,(H,32,39)/t23-,24+,25+,26-,27-,28-,29+,31-/m0/s1. The van der Waals surface area contributed by atoms with Crippen LogP contribution in [0.15, 0.2) is 0 Å². The molecule has 1 aliphatic heterocycles. The lowest BCUT2D eigenvalue weighted by molar-refractivity contribution is -0.303. The molecule has 1 amide bonds. The van der Waals surface area contributed by atoms with Gasteiger partial charge in [-0.05, 0) is 19.3 Å². The van der Waals surface area contributed by atoms with E-state index in [1.54, 1.807) is 0 Å². The molecule has 0 aromatic rings. The first-order chi connectivity index (χ1) is 19.8. The van der Waals surface area contributed by atoms with E-state index in [1.807, 2.05) is 0 Å². The van der Waals surface area contributed by atoms with Crippen LogP contribution in [0.4, 0.5) is 0 Å². The van der Waals surface area contributed by atoms with Gasteiger partial charge in [-0.3, -0.25) is 4.79 Å². The average Bonchev–Trinajstić information content (AvgIpc) is 2.99. The molecular weight excluding hydrogens is 530 g/mol. The molecule has 2 rings (SSSR count). The minimum Gasteiger partial charge on any atom is -0.394 e. The summed E-state index contributed by atoms with van der Waals surface area (Å²) in [6.45, 7) is 1.35. The fraction of sp³-hybridized carbons (Fsp3) is 0.968. The summed E-state index contributed by atoms with van der Waals surface area (Å²) < 4.78 is 11.0. The van der Waals surface area contributed by atoms with Crippen molar-refractivity contribution >= 4 is 5.91 Å². The van der Waals surface area contributed by atoms with E-state index in [-0.39, 0.29) is 18.4 Å². The molecule has 8 atom stereocenters. The SMILES string of the molecule is CCCCCCCCCCCCCC[C@@H](O)[C@@H](O)[C@H](CO[C@H]1O[C@H](CO)[C@H](O)[C@H](O)[C@H]1O)NC(=O)C1CCCCC1. The third-order valence-corrected chi connectivity index (χ3v) is 8.75. The van der Waals surface area contributed by atoms with Crippen molar-refractivity contribution in [2.45, 2.75) is 171 Å². The number of hydrogen-bond acceptors (Lipinski definition) is 9. The molecule has 1 aliphatic carbocycles. The smallest absolute Gasteiger partial charge is 0.223 e. The van der Waals surface area contributed by atoms with E-state index in [1.165, 1.54) is 57.8 Å². The quantitative estimate of drug-likeness (QED) is 0.0995. The Morgan fingerprint density at radius 3 is 1.95 bits per heavy atom. The van der Waals surface area contributed by atoms with Crippen LogP contribution >= 0.6 is 0 Å². The summed E-state index contributed by atoms with van der Waals surface area (Å²) in [7, 11) is 0. The van der Waals surface area contributed by atoms with E-state index in [9.17, 15) is 35.4 Å². The summed E-state index contributed by atoms with van der Waals surface area (Å²) in [6.07, 6.45) is 9.71. The summed E-state index contributed by atoms with van der Waals surface area (Å²) >= 11 is 0. The normalized spacial score (nSPS) is 27.8. The Morgan fingerprint density at radius 1 is 0.829 bits per heavy atom. The summed E-state index contributed by atoms with van der Waals surface area (Å²) in [4.78, 5) is 13.0. The molecule has 10 nitrogen and oxygen atoms in total. The largest absolute Gasteiger partial charge is 0.394 e. The zero-order valence-electron chi connectivity index (χ0n) is 25.2. The van der Waals surface area contributed by atoms with Crippen molar-refractivity contribution in [2.24, 2.45) is 5.92 Å². The molecule has 2 aliphatic rings. The number of aliphatic hydroxyl groups is 6. The van der Waals surface area contributed by atoms with Crippen molar-refractivity contribution in [2.75, 3.05) is 13.2 Å². The Kier molecular flexibility index (Phi) is 18.6. The number of nitrogens with one attached hydrogen (secondary N) is 1. The van der Waals surface area contributed by atoms with Gasteiger partial charge in [-0.2, -0.15) is 0 Å². The van der Waals surface area contributed by atoms with E-state index in [0.717, 1.165) is 51.4 Å². The maximum Gasteiger partial charge on any atom is 0.223 e. The lowest BCUT2D eigenvalue weighted by atomic mass is 9.88. The van der Waals surface area contributed by atoms with Gasteiger partial charge in [0.1, 0.15) is 30.5 Å². The van der Waals surface area contributed by atoms with Crippen LogP contribution in [0, 0.1) is 5.92 Å². The fourth-order valence-electron chi connectivity index (χ4n) is 5.93. The van der Waals surface area contributed by atoms with E-state index in [4.69, 9.17) is 9.47 Å². The monoisotopic (exact) mass is 589 g/mol. The molecule has 2 fully saturated rings. The van der Waals surface area contributed by atoms with Crippen LogP contribution in [0.5, 0.6) is 0 Å². The van der Waals surface area contributed by atoms with Gasteiger partial charge in [-0.1, -0.05) is 103 Å². The Bertz CT molecular complexity index is 676. The summed E-state index contributed by atoms with van der Waals surface area (Å²) in [5, 5.41) is 64.4. The molecule has 41 heavy (non-hydrogen) atoms. The fourth-order valence-corrected chi connectivity index (χ4v) is 5.93. The van der Waals surface area contributed by atoms with Gasteiger partial charge in [0, 0.05) is 5.92 Å². The molecule has 1 heterocycles. The maximum absolute atomic E-state index is 13.0. The van der Waals surface area contributed by atoms with E-state index >= 15 is 0 Å². The second-order valence-corrected chi connectivity index (χ2v) is 12.2. The number of ether oxygens (including phenoxy) is 2. The zero-order valence-corrected chi connectivity index (χ0v) is 25.2. The minimum absolute atomic E-state index is 0.167. The molecule has 0 bridgehead atoms. The average molecular weight is 590 g/mol. The van der Waals surface area contributed by atoms with Crippen LogP contribution in [0.2, 0.25) is 0 Å². The molecule has 0 unspecified atom stereocenters. The van der Waals surface area contributed by atoms with Crippen LogP contribution < -0.4 is 5.32 Å². The van der Waals surface area contributed by atoms with Crippen molar-refractivity contribution in [1.82, 2.24) is 5.32 Å². The molecule has 7 N–H and O–H groups in total. The zero-order chi connectivity index (χ0) is 30.0. The van der Waals surface area contributed by atoms with Crippen molar-refractivity contribution in [3.8, 4) is 0 Å². The van der Waals surface area contributed by atoms with Gasteiger partial charge in [-0.25, -0.2) is 0 Å². The first kappa shape index (κ1) is 36.3. The van der Waals surface area contributed by atoms with Crippen LogP contribution in [-0.2, 0) is 14.3 Å². The van der Waals surface area contributed by atoms with E-state index in [0.29, 0.717) is 6.42 Å². The van der Waals surface area contributed by atoms with Crippen molar-refractivity contribution < 1.29 is 44.9 Å². The molecular formula is C31H59NO9. The first-order valence-electron chi connectivity index (χ1n) is 16.4. The highest BCUT2D eigenvalue weighted by molar-refractivity contribution is 5.79. The number of hydrogen-bond donors (Lipinski definition) is 7. The predicted molar refractivity (Wildman–Crippen MR) is 156 cm³/mol. The topological polar surface area (TPSA) is 169 Å². The van der Waals surface area contributed by atoms with Gasteiger partial charge in [0.05, 0.1) is 25.4 Å². The number of amides is 1. The van der Waals surface area contributed by atoms with E-state index in [2.05, 4.69) is 12.2 Å². The summed E-state index contributed by atoms with van der Waals surface area (Å²) in [5.41, 5.74) is 0. The van der Waals surface area contributed by atoms with Gasteiger partial charge in [0.2, 0.25) is 5.91 Å². The third-order valence-electron chi connectivity index (χ3n) is 8.75. The molecule has 0 radical (unpaired) electrons. The maximum atomic E-state index is 13.0. The Morgan fingerprint density at radius 2 is 1.39 bits per heavy atom. The highest BCUT2D eigenvalue weighted by atomic mass is 16.7. The van der Waals surface area contributed by atoms with Gasteiger partial charge in [0.15, 0.2) is 6.29 Å². The predicted octanol–water partition coefficient (Wildman–Crippen LogP) is 2.68. The molecule has 0 spiro atoms. The van der Waals surface area contributed by atoms with Gasteiger partial charge < -0.3 is 45.4 Å². The summed E-state index contributed by atoms with van der Waals surface area (Å²) in [6, 6.07) is -0.968. The minimum atomic E-state index is -1.59. The van der Waals surface area contributed by atoms with Crippen LogP contribution in [0.1, 0.15) is 122 Å². The highest BCUT2D eigenvalue weighted by Crippen LogP contribution is 2.25. The Hall–Kier alpha value is -0.850. The van der Waals surface area contributed by atoms with Crippen LogP contribution in [0.25, 0.3) is 0 Å². The molecule has 0 aromatic heterocycles. The molecule has 1 saturated heterocycles. The lowest BCUT2D eigenvalue weighted by Crippen LogP contribution is -2.60. The molecule has 0 aromatic carbocycles. The second-order valence-electron chi connectivity index (χ2n) is 12.2. The number of carbonyl (C=O) groups is 1. The van der Waals surface area contributed by atoms with Crippen molar-refractivity contribution in [3.63, 3.8) is 0 Å². The Labute approximate surface area is 246 Å². The van der Waals surface area contributed by atoms with Crippen LogP contribution in [0.3, 0.4) is 0 Å². The number of carbonyl (C=O) groups excluding carboxylic acids is 1. The van der Waals surface area contributed by atoms with E-state index < -0.39 is 55.6 Å². The number of rotatable bonds is 21. The first-order valence-corrected chi connectivity index (χ1v) is 16.4.